The van der Waals surface area contributed by atoms with Gasteiger partial charge in [-0.1, -0.05) is 87.5 Å². The third-order valence-corrected chi connectivity index (χ3v) is 8.15. The van der Waals surface area contributed by atoms with E-state index in [1.807, 2.05) is 81.4 Å². The smallest absolute Gasteiger partial charge is 0.347 e. The monoisotopic (exact) mass is 634 g/mol. The molecule has 248 valence electrons. The minimum Gasteiger partial charge on any atom is -0.459 e. The average molecular weight is 635 g/mol. The Labute approximate surface area is 271 Å². The first kappa shape index (κ1) is 34.8. The van der Waals surface area contributed by atoms with Gasteiger partial charge in [-0.25, -0.2) is 4.79 Å². The number of amides is 2. The van der Waals surface area contributed by atoms with Gasteiger partial charge in [0.2, 0.25) is 11.8 Å². The minimum absolute atomic E-state index is 0.0316. The van der Waals surface area contributed by atoms with Crippen molar-refractivity contribution >= 4 is 23.8 Å². The number of carbonyl (C=O) groups is 4. The Kier molecular flexibility index (Phi) is 12.1. The van der Waals surface area contributed by atoms with E-state index in [9.17, 15) is 19.2 Å². The first-order valence-corrected chi connectivity index (χ1v) is 15.9. The number of cyclic esters (lactones) is 2. The quantitative estimate of drug-likeness (QED) is 0.306. The molecule has 10 heteroatoms. The van der Waals surface area contributed by atoms with Gasteiger partial charge in [-0.15, -0.1) is 0 Å². The van der Waals surface area contributed by atoms with Crippen LogP contribution < -0.4 is 10.6 Å². The summed E-state index contributed by atoms with van der Waals surface area (Å²) in [6.07, 6.45) is 1.27. The summed E-state index contributed by atoms with van der Waals surface area (Å²) in [7, 11) is 0. The van der Waals surface area contributed by atoms with Gasteiger partial charge in [0.25, 0.3) is 0 Å². The summed E-state index contributed by atoms with van der Waals surface area (Å²) >= 11 is 0. The maximum atomic E-state index is 13.5. The van der Waals surface area contributed by atoms with Gasteiger partial charge in [-0.3, -0.25) is 14.4 Å². The predicted octanol–water partition coefficient (Wildman–Crippen LogP) is 4.44. The van der Waals surface area contributed by atoms with Crippen LogP contribution in [0.4, 0.5) is 0 Å². The topological polar surface area (TPSA) is 133 Å². The summed E-state index contributed by atoms with van der Waals surface area (Å²) in [5.74, 6) is -2.53. The molecule has 1 saturated heterocycles. The van der Waals surface area contributed by atoms with E-state index >= 15 is 0 Å². The molecule has 0 spiro atoms. The number of nitrogens with one attached hydrogen (secondary N) is 2. The molecule has 1 unspecified atom stereocenters. The van der Waals surface area contributed by atoms with E-state index in [1.165, 1.54) is 6.08 Å². The fraction of sp³-hybridized carbons (Fsp3) is 0.500. The largest absolute Gasteiger partial charge is 0.459 e. The number of hydrogen-bond acceptors (Lipinski definition) is 8. The number of carbonyl (C=O) groups excluding carboxylic acids is 4. The van der Waals surface area contributed by atoms with Crippen LogP contribution in [0.2, 0.25) is 0 Å². The van der Waals surface area contributed by atoms with Gasteiger partial charge in [0.15, 0.2) is 6.10 Å². The van der Waals surface area contributed by atoms with E-state index in [0.29, 0.717) is 0 Å². The molecule has 0 aromatic heterocycles. The van der Waals surface area contributed by atoms with E-state index in [-0.39, 0.29) is 56.6 Å². The van der Waals surface area contributed by atoms with Crippen molar-refractivity contribution in [2.75, 3.05) is 13.2 Å². The zero-order valence-corrected chi connectivity index (χ0v) is 27.3. The standard InChI is InChI=1S/C36H46N2O8/c1-23(2)19-29-34(41)44-28(24(3)31-32(46-31)26-15-10-7-11-16-26)17-12-18-30(39)38-27(21-43-20-25-13-8-6-9-14-25)33(40)37-22-36(4,5)35(42)45-29/h6-16,18,23-24,27-29,31-32H,17,19-22H2,1-5H3,(H,37,40)(H,38,39)/b18-12+/t24-,27+,28-,29?,31-,32-/m0/s1. The highest BCUT2D eigenvalue weighted by atomic mass is 16.6. The second kappa shape index (κ2) is 16.0. The fourth-order valence-electron chi connectivity index (χ4n) is 5.23. The maximum absolute atomic E-state index is 13.5. The molecule has 6 atom stereocenters. The highest BCUT2D eigenvalue weighted by molar-refractivity contribution is 5.93. The first-order valence-electron chi connectivity index (χ1n) is 15.9. The van der Waals surface area contributed by atoms with Crippen LogP contribution >= 0.6 is 0 Å². The number of esters is 2. The lowest BCUT2D eigenvalue weighted by Crippen LogP contribution is -2.52. The maximum Gasteiger partial charge on any atom is 0.347 e. The molecule has 2 heterocycles. The molecule has 2 N–H and O–H groups in total. The third-order valence-electron chi connectivity index (χ3n) is 8.15. The zero-order chi connectivity index (χ0) is 33.3. The molecule has 46 heavy (non-hydrogen) atoms. The van der Waals surface area contributed by atoms with Gasteiger partial charge >= 0.3 is 11.9 Å². The Hall–Kier alpha value is -4.02. The Balaban J connectivity index is 1.55. The summed E-state index contributed by atoms with van der Waals surface area (Å²) in [4.78, 5) is 53.2. The molecule has 2 amide bonds. The molecular weight excluding hydrogens is 588 g/mol. The second-order valence-corrected chi connectivity index (χ2v) is 13.1. The average Bonchev–Trinajstić information content (AvgIpc) is 3.83. The van der Waals surface area contributed by atoms with Crippen LogP contribution in [-0.4, -0.2) is 61.3 Å². The SMILES string of the molecule is CC(C)CC1OC(=O)C(C)(C)CNC(=O)[C@@H](COCc2ccccc2)NC(=O)/C=C/C[C@@H]([C@H](C)[C@@H]2O[C@H]2c2ccccc2)OC1=O. The fourth-order valence-corrected chi connectivity index (χ4v) is 5.23. The normalized spacial score (nSPS) is 27.1. The van der Waals surface area contributed by atoms with Crippen molar-refractivity contribution in [2.24, 2.45) is 17.3 Å². The van der Waals surface area contributed by atoms with Gasteiger partial charge in [0.05, 0.1) is 24.7 Å². The van der Waals surface area contributed by atoms with Gasteiger partial charge in [-0.05, 0) is 43.4 Å². The summed E-state index contributed by atoms with van der Waals surface area (Å²) in [6, 6.07) is 18.3. The van der Waals surface area contributed by atoms with Gasteiger partial charge in [0, 0.05) is 18.9 Å². The van der Waals surface area contributed by atoms with Crippen molar-refractivity contribution in [2.45, 2.75) is 84.5 Å². The van der Waals surface area contributed by atoms with Crippen molar-refractivity contribution in [3.05, 3.63) is 83.9 Å². The summed E-state index contributed by atoms with van der Waals surface area (Å²) in [6.45, 7) is 9.12. The zero-order valence-electron chi connectivity index (χ0n) is 27.3. The number of rotatable bonds is 9. The molecule has 2 aromatic carbocycles. The Morgan fingerprint density at radius 3 is 2.28 bits per heavy atom. The Bertz CT molecular complexity index is 1360. The van der Waals surface area contributed by atoms with Crippen molar-refractivity contribution < 1.29 is 38.1 Å². The third kappa shape index (κ3) is 9.99. The van der Waals surface area contributed by atoms with Crippen LogP contribution in [0.1, 0.15) is 64.7 Å². The van der Waals surface area contributed by atoms with Gasteiger partial charge < -0.3 is 29.6 Å². The molecule has 2 aromatic rings. The van der Waals surface area contributed by atoms with Crippen molar-refractivity contribution in [1.82, 2.24) is 10.6 Å². The molecule has 2 aliphatic heterocycles. The van der Waals surface area contributed by atoms with Crippen LogP contribution in [0.3, 0.4) is 0 Å². The number of benzene rings is 2. The lowest BCUT2D eigenvalue weighted by molar-refractivity contribution is -0.179. The van der Waals surface area contributed by atoms with Crippen molar-refractivity contribution in [3.63, 3.8) is 0 Å². The highest BCUT2D eigenvalue weighted by Crippen LogP contribution is 2.45. The number of ether oxygens (including phenoxy) is 4. The van der Waals surface area contributed by atoms with Crippen molar-refractivity contribution in [3.8, 4) is 0 Å². The number of hydrogen-bond donors (Lipinski definition) is 2. The lowest BCUT2D eigenvalue weighted by atomic mass is 9.93. The van der Waals surface area contributed by atoms with Gasteiger partial charge in [-0.2, -0.15) is 0 Å². The molecule has 0 saturated carbocycles. The van der Waals surface area contributed by atoms with Crippen LogP contribution in [0, 0.1) is 17.3 Å². The van der Waals surface area contributed by atoms with Crippen LogP contribution in [0.15, 0.2) is 72.8 Å². The van der Waals surface area contributed by atoms with E-state index in [2.05, 4.69) is 10.6 Å². The molecule has 0 bridgehead atoms. The molecule has 2 aliphatic rings. The molecular formula is C36H46N2O8. The van der Waals surface area contributed by atoms with Gasteiger partial charge in [0.1, 0.15) is 18.2 Å². The summed E-state index contributed by atoms with van der Waals surface area (Å²) < 4.78 is 23.6. The van der Waals surface area contributed by atoms with E-state index < -0.39 is 47.4 Å². The van der Waals surface area contributed by atoms with Crippen molar-refractivity contribution in [1.29, 1.82) is 0 Å². The summed E-state index contributed by atoms with van der Waals surface area (Å²) in [5, 5.41) is 5.45. The van der Waals surface area contributed by atoms with E-state index in [1.54, 1.807) is 19.9 Å². The Morgan fingerprint density at radius 1 is 0.935 bits per heavy atom. The van der Waals surface area contributed by atoms with Crippen LogP contribution in [0.5, 0.6) is 0 Å². The van der Waals surface area contributed by atoms with Crippen LogP contribution in [-0.2, 0) is 44.7 Å². The summed E-state index contributed by atoms with van der Waals surface area (Å²) in [5.41, 5.74) is 0.770. The second-order valence-electron chi connectivity index (χ2n) is 13.1. The number of epoxide rings is 1. The minimum atomic E-state index is -1.18. The predicted molar refractivity (Wildman–Crippen MR) is 171 cm³/mol. The van der Waals surface area contributed by atoms with E-state index in [4.69, 9.17) is 18.9 Å². The molecule has 4 rings (SSSR count). The lowest BCUT2D eigenvalue weighted by Gasteiger charge is -2.29. The van der Waals surface area contributed by atoms with Crippen LogP contribution in [0.25, 0.3) is 0 Å². The molecule has 1 fully saturated rings. The Morgan fingerprint density at radius 2 is 1.61 bits per heavy atom. The molecule has 10 nitrogen and oxygen atoms in total. The molecule has 0 aliphatic carbocycles. The first-order chi connectivity index (χ1) is 21.9. The highest BCUT2D eigenvalue weighted by Gasteiger charge is 2.48. The molecule has 0 radical (unpaired) electrons. The van der Waals surface area contributed by atoms with E-state index in [0.717, 1.165) is 11.1 Å².